The molecular weight excluding hydrogens is 427 g/mol. The number of nitro benzene ring substituents is 1. The normalized spacial score (nSPS) is 15.0. The highest BCUT2D eigenvalue weighted by Gasteiger charge is 2.36. The number of carbonyl (C=O) groups is 3. The van der Waals surface area contributed by atoms with Crippen molar-refractivity contribution in [3.8, 4) is 0 Å². The van der Waals surface area contributed by atoms with Gasteiger partial charge in [-0.25, -0.2) is 13.2 Å². The van der Waals surface area contributed by atoms with Crippen LogP contribution in [0.1, 0.15) is 5.56 Å². The van der Waals surface area contributed by atoms with Gasteiger partial charge in [0.25, 0.3) is 16.8 Å². The number of hydrogen-bond donors (Lipinski definition) is 1. The molecule has 0 spiro atoms. The van der Waals surface area contributed by atoms with Crippen LogP contribution in [0.4, 0.5) is 29.3 Å². The van der Waals surface area contributed by atoms with Crippen molar-refractivity contribution in [2.75, 3.05) is 11.9 Å². The molecule has 30 heavy (non-hydrogen) atoms. The monoisotopic (exact) mass is 437 g/mol. The number of rotatable bonds is 5. The summed E-state index contributed by atoms with van der Waals surface area (Å²) >= 11 is 0.512. The summed E-state index contributed by atoms with van der Waals surface area (Å²) in [4.78, 5) is 47.2. The van der Waals surface area contributed by atoms with Crippen molar-refractivity contribution < 1.29 is 32.5 Å². The largest absolute Gasteiger partial charge is 0.322 e. The number of hydrogen-bond acceptors (Lipinski definition) is 6. The molecule has 2 aromatic rings. The number of amides is 3. The zero-order chi connectivity index (χ0) is 22.0. The molecule has 2 aromatic carbocycles. The van der Waals surface area contributed by atoms with E-state index in [1.807, 2.05) is 5.32 Å². The first-order chi connectivity index (χ1) is 14.2. The Morgan fingerprint density at radius 2 is 1.90 bits per heavy atom. The fourth-order valence-corrected chi connectivity index (χ4v) is 3.31. The number of anilines is 1. The lowest BCUT2D eigenvalue weighted by Crippen LogP contribution is -2.36. The molecule has 8 nitrogen and oxygen atoms in total. The first-order valence-electron chi connectivity index (χ1n) is 8.10. The van der Waals surface area contributed by atoms with Gasteiger partial charge in [0.05, 0.1) is 15.5 Å². The van der Waals surface area contributed by atoms with E-state index in [-0.39, 0.29) is 10.6 Å². The minimum absolute atomic E-state index is 0.0766. The highest BCUT2D eigenvalue weighted by molar-refractivity contribution is 8.18. The van der Waals surface area contributed by atoms with Crippen LogP contribution in [0.3, 0.4) is 0 Å². The molecule has 1 aliphatic rings. The van der Waals surface area contributed by atoms with E-state index in [1.165, 1.54) is 30.3 Å². The number of nitro groups is 1. The van der Waals surface area contributed by atoms with Crippen molar-refractivity contribution in [3.05, 3.63) is 74.4 Å². The van der Waals surface area contributed by atoms with Crippen LogP contribution in [-0.4, -0.2) is 33.4 Å². The van der Waals surface area contributed by atoms with Gasteiger partial charge < -0.3 is 5.32 Å². The Morgan fingerprint density at radius 1 is 1.17 bits per heavy atom. The van der Waals surface area contributed by atoms with Crippen molar-refractivity contribution >= 4 is 46.3 Å². The quantitative estimate of drug-likeness (QED) is 0.331. The molecule has 1 fully saturated rings. The van der Waals surface area contributed by atoms with E-state index in [9.17, 15) is 37.7 Å². The van der Waals surface area contributed by atoms with Crippen molar-refractivity contribution in [1.82, 2.24) is 4.90 Å². The molecule has 1 saturated heterocycles. The predicted molar refractivity (Wildman–Crippen MR) is 101 cm³/mol. The van der Waals surface area contributed by atoms with Crippen LogP contribution in [0.5, 0.6) is 0 Å². The second kappa shape index (κ2) is 8.37. The van der Waals surface area contributed by atoms with Gasteiger partial charge in [-0.3, -0.25) is 29.4 Å². The standard InChI is InChI=1S/C18H10F3N3O5S/c19-11-4-5-12(16(21)15(11)20)22-14(25)8-23-17(26)13(30-18(23)27)7-9-2-1-3-10(6-9)24(28)29/h1-7H,8H2,(H,22,25)/b13-7+. The summed E-state index contributed by atoms with van der Waals surface area (Å²) in [6.07, 6.45) is 1.25. The Bertz CT molecular complexity index is 1120. The van der Waals surface area contributed by atoms with Crippen LogP contribution < -0.4 is 5.32 Å². The first kappa shape index (κ1) is 21.0. The van der Waals surface area contributed by atoms with Gasteiger partial charge in [-0.05, 0) is 35.5 Å². The lowest BCUT2D eigenvalue weighted by molar-refractivity contribution is -0.384. The van der Waals surface area contributed by atoms with Gasteiger partial charge >= 0.3 is 0 Å². The van der Waals surface area contributed by atoms with E-state index in [4.69, 9.17) is 0 Å². The molecule has 3 amide bonds. The molecule has 1 aliphatic heterocycles. The number of benzene rings is 2. The van der Waals surface area contributed by atoms with Crippen molar-refractivity contribution in [1.29, 1.82) is 0 Å². The molecule has 0 unspecified atom stereocenters. The average molecular weight is 437 g/mol. The van der Waals surface area contributed by atoms with E-state index >= 15 is 0 Å². The third kappa shape index (κ3) is 4.33. The molecule has 0 bridgehead atoms. The zero-order valence-corrected chi connectivity index (χ0v) is 15.5. The van der Waals surface area contributed by atoms with Crippen LogP contribution in [0.15, 0.2) is 41.3 Å². The Balaban J connectivity index is 1.74. The molecule has 154 valence electrons. The number of imide groups is 1. The third-order valence-corrected chi connectivity index (χ3v) is 4.77. The van der Waals surface area contributed by atoms with Crippen molar-refractivity contribution in [2.45, 2.75) is 0 Å². The summed E-state index contributed by atoms with van der Waals surface area (Å²) in [5.74, 6) is -6.69. The molecule has 0 aliphatic carbocycles. The maximum absolute atomic E-state index is 13.6. The zero-order valence-electron chi connectivity index (χ0n) is 14.7. The van der Waals surface area contributed by atoms with E-state index in [0.717, 1.165) is 6.07 Å². The Morgan fingerprint density at radius 3 is 2.60 bits per heavy atom. The van der Waals surface area contributed by atoms with Crippen molar-refractivity contribution in [2.24, 2.45) is 0 Å². The van der Waals surface area contributed by atoms with Crippen molar-refractivity contribution in [3.63, 3.8) is 0 Å². The molecule has 3 rings (SSSR count). The Hall–Kier alpha value is -3.67. The number of nitrogens with zero attached hydrogens (tertiary/aromatic N) is 2. The fourth-order valence-electron chi connectivity index (χ4n) is 2.47. The summed E-state index contributed by atoms with van der Waals surface area (Å²) in [7, 11) is 0. The third-order valence-electron chi connectivity index (χ3n) is 3.86. The first-order valence-corrected chi connectivity index (χ1v) is 8.92. The minimum Gasteiger partial charge on any atom is -0.322 e. The summed E-state index contributed by atoms with van der Waals surface area (Å²) in [6, 6.07) is 6.74. The van der Waals surface area contributed by atoms with Crippen LogP contribution in [-0.2, 0) is 9.59 Å². The van der Waals surface area contributed by atoms with Gasteiger partial charge in [-0.1, -0.05) is 12.1 Å². The number of carbonyl (C=O) groups excluding carboxylic acids is 3. The highest BCUT2D eigenvalue weighted by Crippen LogP contribution is 2.32. The lowest BCUT2D eigenvalue weighted by atomic mass is 10.2. The maximum atomic E-state index is 13.6. The second-order valence-corrected chi connectivity index (χ2v) is 6.88. The topological polar surface area (TPSA) is 110 Å². The van der Waals surface area contributed by atoms with E-state index < -0.39 is 51.7 Å². The van der Waals surface area contributed by atoms with Gasteiger partial charge in [0.2, 0.25) is 5.91 Å². The Labute approximate surface area is 170 Å². The molecular formula is C18H10F3N3O5S. The number of halogens is 3. The molecule has 0 saturated carbocycles. The molecule has 0 radical (unpaired) electrons. The Kier molecular flexibility index (Phi) is 5.87. The van der Waals surface area contributed by atoms with Gasteiger partial charge in [0.15, 0.2) is 17.5 Å². The second-order valence-electron chi connectivity index (χ2n) is 5.89. The minimum atomic E-state index is -1.78. The lowest BCUT2D eigenvalue weighted by Gasteiger charge is -2.13. The van der Waals surface area contributed by atoms with Gasteiger partial charge in [0.1, 0.15) is 6.54 Å². The summed E-state index contributed by atoms with van der Waals surface area (Å²) in [6.45, 7) is -0.796. The molecule has 0 atom stereocenters. The molecule has 12 heteroatoms. The van der Waals surface area contributed by atoms with Crippen LogP contribution in [0, 0.1) is 27.6 Å². The number of thioether (sulfide) groups is 1. The highest BCUT2D eigenvalue weighted by atomic mass is 32.2. The summed E-state index contributed by atoms with van der Waals surface area (Å²) < 4.78 is 39.8. The van der Waals surface area contributed by atoms with E-state index in [2.05, 4.69) is 0 Å². The SMILES string of the molecule is O=C(CN1C(=O)S/C(=C/c2cccc([N+](=O)[O-])c2)C1=O)Nc1ccc(F)c(F)c1F. The molecule has 1 heterocycles. The molecule has 0 aromatic heterocycles. The van der Waals surface area contributed by atoms with Gasteiger partial charge in [0, 0.05) is 12.1 Å². The fraction of sp³-hybridized carbons (Fsp3) is 0.0556. The van der Waals surface area contributed by atoms with E-state index in [1.54, 1.807) is 0 Å². The maximum Gasteiger partial charge on any atom is 0.294 e. The van der Waals surface area contributed by atoms with Crippen LogP contribution in [0.2, 0.25) is 0 Å². The predicted octanol–water partition coefficient (Wildman–Crippen LogP) is 3.69. The van der Waals surface area contributed by atoms with E-state index in [0.29, 0.717) is 28.3 Å². The van der Waals surface area contributed by atoms with Gasteiger partial charge in [-0.15, -0.1) is 0 Å². The number of non-ortho nitro benzene ring substituents is 1. The van der Waals surface area contributed by atoms with Crippen LogP contribution >= 0.6 is 11.8 Å². The van der Waals surface area contributed by atoms with Crippen LogP contribution in [0.25, 0.3) is 6.08 Å². The average Bonchev–Trinajstić information content (AvgIpc) is 2.96. The summed E-state index contributed by atoms with van der Waals surface area (Å²) in [5.41, 5.74) is -0.572. The number of nitrogens with one attached hydrogen (secondary N) is 1. The van der Waals surface area contributed by atoms with Gasteiger partial charge in [-0.2, -0.15) is 0 Å². The molecule has 1 N–H and O–H groups in total. The summed E-state index contributed by atoms with van der Waals surface area (Å²) in [5, 5.41) is 12.0. The smallest absolute Gasteiger partial charge is 0.294 e.